The standard InChI is InChI=1S/C17H18F2N2O2S/c18-17(19)23-15-6-4-13(5-7-15)8-10-21-16(22)12-24-11-14-3-1-2-9-20-14/h1-7,9,17H,8,10-12H2,(H,21,22). The van der Waals surface area contributed by atoms with Gasteiger partial charge >= 0.3 is 6.61 Å². The van der Waals surface area contributed by atoms with Crippen LogP contribution in [0.4, 0.5) is 8.78 Å². The number of carbonyl (C=O) groups excluding carboxylic acids is 1. The number of alkyl halides is 2. The van der Waals surface area contributed by atoms with Gasteiger partial charge in [-0.25, -0.2) is 0 Å². The summed E-state index contributed by atoms with van der Waals surface area (Å²) in [4.78, 5) is 15.9. The van der Waals surface area contributed by atoms with E-state index in [-0.39, 0.29) is 11.7 Å². The number of rotatable bonds is 9. The lowest BCUT2D eigenvalue weighted by atomic mass is 10.1. The molecule has 0 radical (unpaired) electrons. The highest BCUT2D eigenvalue weighted by molar-refractivity contribution is 7.99. The molecule has 1 amide bonds. The van der Waals surface area contributed by atoms with Crippen LogP contribution in [0.3, 0.4) is 0 Å². The Bertz CT molecular complexity index is 624. The summed E-state index contributed by atoms with van der Waals surface area (Å²) in [5.74, 6) is 1.16. The molecule has 1 aromatic carbocycles. The van der Waals surface area contributed by atoms with E-state index in [1.807, 2.05) is 18.2 Å². The van der Waals surface area contributed by atoms with E-state index >= 15 is 0 Å². The second-order valence-electron chi connectivity index (χ2n) is 4.94. The average Bonchev–Trinajstić information content (AvgIpc) is 2.57. The smallest absolute Gasteiger partial charge is 0.387 e. The van der Waals surface area contributed by atoms with Gasteiger partial charge in [-0.15, -0.1) is 11.8 Å². The summed E-state index contributed by atoms with van der Waals surface area (Å²) in [5, 5.41) is 2.83. The van der Waals surface area contributed by atoms with Gasteiger partial charge < -0.3 is 10.1 Å². The second-order valence-corrected chi connectivity index (χ2v) is 5.92. The van der Waals surface area contributed by atoms with Crippen LogP contribution in [0.5, 0.6) is 5.75 Å². The van der Waals surface area contributed by atoms with Crippen molar-refractivity contribution < 1.29 is 18.3 Å². The molecule has 0 atom stereocenters. The van der Waals surface area contributed by atoms with Crippen LogP contribution in [0.25, 0.3) is 0 Å². The van der Waals surface area contributed by atoms with Crippen LogP contribution in [-0.4, -0.2) is 29.8 Å². The molecule has 24 heavy (non-hydrogen) atoms. The zero-order valence-corrected chi connectivity index (χ0v) is 13.8. The van der Waals surface area contributed by atoms with Crippen LogP contribution in [0.15, 0.2) is 48.7 Å². The van der Waals surface area contributed by atoms with Crippen LogP contribution >= 0.6 is 11.8 Å². The highest BCUT2D eigenvalue weighted by Gasteiger charge is 2.05. The molecular formula is C17H18F2N2O2S. The van der Waals surface area contributed by atoms with Crippen molar-refractivity contribution in [1.29, 1.82) is 0 Å². The lowest BCUT2D eigenvalue weighted by Gasteiger charge is -2.07. The first kappa shape index (κ1) is 18.2. The molecule has 0 spiro atoms. The van der Waals surface area contributed by atoms with Gasteiger partial charge in [0, 0.05) is 18.5 Å². The van der Waals surface area contributed by atoms with E-state index in [1.54, 1.807) is 18.3 Å². The van der Waals surface area contributed by atoms with Crippen molar-refractivity contribution in [3.8, 4) is 5.75 Å². The van der Waals surface area contributed by atoms with Gasteiger partial charge in [-0.3, -0.25) is 9.78 Å². The van der Waals surface area contributed by atoms with E-state index in [4.69, 9.17) is 0 Å². The van der Waals surface area contributed by atoms with Gasteiger partial charge in [0.15, 0.2) is 0 Å². The summed E-state index contributed by atoms with van der Waals surface area (Å²) in [6, 6.07) is 12.1. The summed E-state index contributed by atoms with van der Waals surface area (Å²) in [7, 11) is 0. The van der Waals surface area contributed by atoms with Gasteiger partial charge in [-0.2, -0.15) is 8.78 Å². The van der Waals surface area contributed by atoms with Gasteiger partial charge in [0.2, 0.25) is 5.91 Å². The number of hydrogen-bond acceptors (Lipinski definition) is 4. The molecule has 128 valence electrons. The minimum Gasteiger partial charge on any atom is -0.435 e. The number of thioether (sulfide) groups is 1. The quantitative estimate of drug-likeness (QED) is 0.752. The zero-order valence-electron chi connectivity index (χ0n) is 13.0. The van der Waals surface area contributed by atoms with Crippen LogP contribution < -0.4 is 10.1 Å². The molecule has 0 saturated heterocycles. The first-order valence-corrected chi connectivity index (χ1v) is 8.57. The molecule has 0 unspecified atom stereocenters. The minimum atomic E-state index is -2.82. The highest BCUT2D eigenvalue weighted by Crippen LogP contribution is 2.15. The molecule has 0 aliphatic heterocycles. The fourth-order valence-electron chi connectivity index (χ4n) is 1.97. The maximum atomic E-state index is 12.0. The summed E-state index contributed by atoms with van der Waals surface area (Å²) in [6.07, 6.45) is 2.36. The van der Waals surface area contributed by atoms with E-state index in [2.05, 4.69) is 15.0 Å². The molecule has 0 aliphatic rings. The molecule has 0 aliphatic carbocycles. The molecule has 7 heteroatoms. The molecule has 2 aromatic rings. The van der Waals surface area contributed by atoms with Crippen LogP contribution in [-0.2, 0) is 17.0 Å². The van der Waals surface area contributed by atoms with Gasteiger partial charge in [0.1, 0.15) is 5.75 Å². The largest absolute Gasteiger partial charge is 0.435 e. The maximum Gasteiger partial charge on any atom is 0.387 e. The van der Waals surface area contributed by atoms with Crippen molar-refractivity contribution in [3.63, 3.8) is 0 Å². The molecule has 0 bridgehead atoms. The maximum absolute atomic E-state index is 12.0. The van der Waals surface area contributed by atoms with Crippen molar-refractivity contribution in [2.75, 3.05) is 12.3 Å². The molecule has 2 rings (SSSR count). The van der Waals surface area contributed by atoms with Crippen molar-refractivity contribution in [1.82, 2.24) is 10.3 Å². The van der Waals surface area contributed by atoms with E-state index in [0.29, 0.717) is 24.5 Å². The number of ether oxygens (including phenoxy) is 1. The van der Waals surface area contributed by atoms with Crippen molar-refractivity contribution in [3.05, 3.63) is 59.9 Å². The fraction of sp³-hybridized carbons (Fsp3) is 0.294. The summed E-state index contributed by atoms with van der Waals surface area (Å²) < 4.78 is 28.4. The number of hydrogen-bond donors (Lipinski definition) is 1. The van der Waals surface area contributed by atoms with E-state index in [1.165, 1.54) is 23.9 Å². The Labute approximate surface area is 143 Å². The molecule has 4 nitrogen and oxygen atoms in total. The lowest BCUT2D eigenvalue weighted by molar-refractivity contribution is -0.118. The average molecular weight is 352 g/mol. The van der Waals surface area contributed by atoms with Crippen molar-refractivity contribution in [2.45, 2.75) is 18.8 Å². The molecule has 0 fully saturated rings. The monoisotopic (exact) mass is 352 g/mol. The molecule has 1 N–H and O–H groups in total. The van der Waals surface area contributed by atoms with Crippen molar-refractivity contribution >= 4 is 17.7 Å². The number of carbonyl (C=O) groups is 1. The van der Waals surface area contributed by atoms with Crippen LogP contribution in [0, 0.1) is 0 Å². The number of amides is 1. The third-order valence-electron chi connectivity index (χ3n) is 3.09. The Kier molecular flexibility index (Phi) is 7.48. The Hall–Kier alpha value is -2.15. The summed E-state index contributed by atoms with van der Waals surface area (Å²) >= 11 is 1.51. The number of halogens is 2. The first-order valence-electron chi connectivity index (χ1n) is 7.41. The third kappa shape index (κ3) is 6.95. The van der Waals surface area contributed by atoms with Gasteiger partial charge in [-0.05, 0) is 36.2 Å². The van der Waals surface area contributed by atoms with E-state index in [0.717, 1.165) is 11.3 Å². The summed E-state index contributed by atoms with van der Waals surface area (Å²) in [6.45, 7) is -2.32. The zero-order chi connectivity index (χ0) is 17.2. The topological polar surface area (TPSA) is 51.2 Å². The molecular weight excluding hydrogens is 334 g/mol. The fourth-order valence-corrected chi connectivity index (χ4v) is 2.74. The Morgan fingerprint density at radius 2 is 2.00 bits per heavy atom. The van der Waals surface area contributed by atoms with Crippen LogP contribution in [0.1, 0.15) is 11.3 Å². The Morgan fingerprint density at radius 3 is 2.67 bits per heavy atom. The predicted octanol–water partition coefficient (Wildman–Crippen LogP) is 3.28. The predicted molar refractivity (Wildman–Crippen MR) is 90.2 cm³/mol. The Morgan fingerprint density at radius 1 is 1.21 bits per heavy atom. The number of benzene rings is 1. The summed E-state index contributed by atoms with van der Waals surface area (Å²) in [5.41, 5.74) is 1.89. The minimum absolute atomic E-state index is 0.0337. The van der Waals surface area contributed by atoms with E-state index in [9.17, 15) is 13.6 Å². The number of pyridine rings is 1. The van der Waals surface area contributed by atoms with Gasteiger partial charge in [-0.1, -0.05) is 18.2 Å². The lowest BCUT2D eigenvalue weighted by Crippen LogP contribution is -2.27. The number of aromatic nitrogens is 1. The second kappa shape index (κ2) is 9.87. The molecule has 1 heterocycles. The van der Waals surface area contributed by atoms with Gasteiger partial charge in [0.05, 0.1) is 11.4 Å². The molecule has 0 saturated carbocycles. The normalized spacial score (nSPS) is 10.6. The third-order valence-corrected chi connectivity index (χ3v) is 4.06. The first-order chi connectivity index (χ1) is 11.6. The van der Waals surface area contributed by atoms with E-state index < -0.39 is 6.61 Å². The van der Waals surface area contributed by atoms with Crippen molar-refractivity contribution in [2.24, 2.45) is 0 Å². The van der Waals surface area contributed by atoms with Crippen LogP contribution in [0.2, 0.25) is 0 Å². The molecule has 1 aromatic heterocycles. The number of nitrogens with one attached hydrogen (secondary N) is 1. The Balaban J connectivity index is 1.62. The number of nitrogens with zero attached hydrogens (tertiary/aromatic N) is 1. The SMILES string of the molecule is O=C(CSCc1ccccn1)NCCc1ccc(OC(F)F)cc1. The highest BCUT2D eigenvalue weighted by atomic mass is 32.2. The van der Waals surface area contributed by atoms with Gasteiger partial charge in [0.25, 0.3) is 0 Å².